The molecule has 0 spiro atoms. The van der Waals surface area contributed by atoms with Crippen LogP contribution in [0.15, 0.2) is 100.0 Å². The molecule has 0 saturated heterocycles. The number of aromatic nitrogens is 1. The van der Waals surface area contributed by atoms with Gasteiger partial charge in [-0.05, 0) is 48.7 Å². The summed E-state index contributed by atoms with van der Waals surface area (Å²) in [5, 5.41) is 4.33. The molecule has 3 heterocycles. The fourth-order valence-electron chi connectivity index (χ4n) is 5.07. The molecule has 7 aromatic rings. The number of para-hydroxylation sites is 2. The largest absolute Gasteiger partial charge is 0.455 e. The zero-order valence-corrected chi connectivity index (χ0v) is 18.9. The van der Waals surface area contributed by atoms with Crippen LogP contribution in [0.5, 0.6) is 0 Å². The fraction of sp³-hybridized carbons (Fsp3) is 0.0645. The van der Waals surface area contributed by atoms with Gasteiger partial charge in [0.2, 0.25) is 0 Å². The summed E-state index contributed by atoms with van der Waals surface area (Å²) in [6.45, 7) is 4.18. The molecule has 0 aliphatic carbocycles. The van der Waals surface area contributed by atoms with Gasteiger partial charge < -0.3 is 8.83 Å². The molecule has 4 aromatic carbocycles. The molecular formula is C31H21NO2. The Kier molecular flexibility index (Phi) is 3.97. The summed E-state index contributed by atoms with van der Waals surface area (Å²) >= 11 is 0. The van der Waals surface area contributed by atoms with E-state index in [2.05, 4.69) is 85.6 Å². The molecule has 162 valence electrons. The number of aryl methyl sites for hydroxylation is 2. The van der Waals surface area contributed by atoms with Gasteiger partial charge in [0.25, 0.3) is 0 Å². The zero-order valence-electron chi connectivity index (χ0n) is 18.9. The molecule has 0 unspecified atom stereocenters. The van der Waals surface area contributed by atoms with Crippen LogP contribution in [-0.4, -0.2) is 4.98 Å². The molecule has 0 amide bonds. The van der Waals surface area contributed by atoms with Crippen LogP contribution in [0, 0.1) is 13.8 Å². The molecule has 0 radical (unpaired) electrons. The molecule has 3 heteroatoms. The van der Waals surface area contributed by atoms with Crippen molar-refractivity contribution in [2.75, 3.05) is 0 Å². The number of fused-ring (bicyclic) bond motifs is 7. The number of hydrogen-bond acceptors (Lipinski definition) is 3. The van der Waals surface area contributed by atoms with Crippen molar-refractivity contribution < 1.29 is 8.83 Å². The third-order valence-corrected chi connectivity index (χ3v) is 6.76. The molecule has 0 aliphatic rings. The summed E-state index contributed by atoms with van der Waals surface area (Å²) < 4.78 is 13.1. The Morgan fingerprint density at radius 1 is 0.559 bits per heavy atom. The van der Waals surface area contributed by atoms with Crippen molar-refractivity contribution in [3.63, 3.8) is 0 Å². The van der Waals surface area contributed by atoms with Crippen molar-refractivity contribution in [1.82, 2.24) is 4.98 Å². The van der Waals surface area contributed by atoms with Crippen LogP contribution >= 0.6 is 0 Å². The van der Waals surface area contributed by atoms with E-state index in [1.165, 1.54) is 0 Å². The molecule has 3 nitrogen and oxygen atoms in total. The minimum absolute atomic E-state index is 0.846. The van der Waals surface area contributed by atoms with Crippen molar-refractivity contribution in [2.24, 2.45) is 0 Å². The first-order chi connectivity index (χ1) is 16.7. The predicted octanol–water partition coefficient (Wildman–Crippen LogP) is 8.83. The highest BCUT2D eigenvalue weighted by Gasteiger charge is 2.22. The van der Waals surface area contributed by atoms with Gasteiger partial charge in [-0.2, -0.15) is 0 Å². The quantitative estimate of drug-likeness (QED) is 0.270. The molecule has 0 saturated carbocycles. The number of rotatable bonds is 2. The highest BCUT2D eigenvalue weighted by Crippen LogP contribution is 2.45. The highest BCUT2D eigenvalue weighted by molar-refractivity contribution is 6.25. The van der Waals surface area contributed by atoms with Gasteiger partial charge in [0.1, 0.15) is 22.3 Å². The summed E-state index contributed by atoms with van der Waals surface area (Å²) in [7, 11) is 0. The van der Waals surface area contributed by atoms with E-state index in [9.17, 15) is 0 Å². The van der Waals surface area contributed by atoms with Gasteiger partial charge in [0.05, 0.1) is 11.1 Å². The third kappa shape index (κ3) is 2.67. The van der Waals surface area contributed by atoms with E-state index in [1.807, 2.05) is 24.4 Å². The molecule has 0 fully saturated rings. The van der Waals surface area contributed by atoms with Gasteiger partial charge in [-0.3, -0.25) is 4.98 Å². The van der Waals surface area contributed by atoms with E-state index in [0.717, 1.165) is 77.4 Å². The first kappa shape index (κ1) is 19.1. The molecule has 3 aromatic heterocycles. The lowest BCUT2D eigenvalue weighted by Crippen LogP contribution is -1.86. The first-order valence-corrected chi connectivity index (χ1v) is 11.5. The lowest BCUT2D eigenvalue weighted by molar-refractivity contribution is 0.660. The SMILES string of the molecule is Cc1cccc2c1oc1c2cc(-c2ccnc(-c3ccccc3)c2)c2oc3c(C)cccc3c21. The van der Waals surface area contributed by atoms with Gasteiger partial charge in [-0.15, -0.1) is 0 Å². The van der Waals surface area contributed by atoms with E-state index in [0.29, 0.717) is 0 Å². The Morgan fingerprint density at radius 3 is 2.06 bits per heavy atom. The number of benzene rings is 4. The second kappa shape index (κ2) is 7.06. The van der Waals surface area contributed by atoms with Crippen LogP contribution in [0.2, 0.25) is 0 Å². The van der Waals surface area contributed by atoms with Crippen LogP contribution < -0.4 is 0 Å². The number of hydrogen-bond donors (Lipinski definition) is 0. The molecule has 0 aliphatic heterocycles. The Balaban J connectivity index is 1.64. The van der Waals surface area contributed by atoms with E-state index >= 15 is 0 Å². The van der Waals surface area contributed by atoms with Gasteiger partial charge >= 0.3 is 0 Å². The summed E-state index contributed by atoms with van der Waals surface area (Å²) in [5.41, 5.74) is 9.93. The van der Waals surface area contributed by atoms with E-state index in [4.69, 9.17) is 8.83 Å². The molecule has 34 heavy (non-hydrogen) atoms. The number of nitrogens with zero attached hydrogens (tertiary/aromatic N) is 1. The van der Waals surface area contributed by atoms with Crippen LogP contribution in [0.4, 0.5) is 0 Å². The molecule has 0 N–H and O–H groups in total. The van der Waals surface area contributed by atoms with E-state index in [1.54, 1.807) is 0 Å². The maximum Gasteiger partial charge on any atom is 0.147 e. The second-order valence-corrected chi connectivity index (χ2v) is 8.91. The lowest BCUT2D eigenvalue weighted by atomic mass is 9.97. The van der Waals surface area contributed by atoms with Crippen LogP contribution in [-0.2, 0) is 0 Å². The topological polar surface area (TPSA) is 39.2 Å². The zero-order chi connectivity index (χ0) is 22.8. The lowest BCUT2D eigenvalue weighted by Gasteiger charge is -2.07. The van der Waals surface area contributed by atoms with E-state index in [-0.39, 0.29) is 0 Å². The Morgan fingerprint density at radius 2 is 1.26 bits per heavy atom. The van der Waals surface area contributed by atoms with Gasteiger partial charge in [0.15, 0.2) is 0 Å². The van der Waals surface area contributed by atoms with Crippen LogP contribution in [0.25, 0.3) is 66.3 Å². The number of pyridine rings is 1. The molecule has 0 bridgehead atoms. The maximum atomic E-state index is 6.57. The fourth-order valence-corrected chi connectivity index (χ4v) is 5.07. The van der Waals surface area contributed by atoms with Crippen LogP contribution in [0.1, 0.15) is 11.1 Å². The Labute approximate surface area is 196 Å². The van der Waals surface area contributed by atoms with Crippen molar-refractivity contribution in [3.8, 4) is 22.4 Å². The normalized spacial score (nSPS) is 11.8. The Bertz CT molecular complexity index is 1870. The van der Waals surface area contributed by atoms with Gasteiger partial charge in [0, 0.05) is 33.5 Å². The summed E-state index contributed by atoms with van der Waals surface area (Å²) in [4.78, 5) is 4.64. The molecule has 7 rings (SSSR count). The van der Waals surface area contributed by atoms with Crippen molar-refractivity contribution in [1.29, 1.82) is 0 Å². The first-order valence-electron chi connectivity index (χ1n) is 11.5. The highest BCUT2D eigenvalue weighted by atomic mass is 16.3. The van der Waals surface area contributed by atoms with Gasteiger partial charge in [-0.1, -0.05) is 66.7 Å². The third-order valence-electron chi connectivity index (χ3n) is 6.76. The minimum Gasteiger partial charge on any atom is -0.455 e. The van der Waals surface area contributed by atoms with Crippen molar-refractivity contribution >= 4 is 43.9 Å². The van der Waals surface area contributed by atoms with E-state index < -0.39 is 0 Å². The van der Waals surface area contributed by atoms with Crippen molar-refractivity contribution in [2.45, 2.75) is 13.8 Å². The minimum atomic E-state index is 0.846. The summed E-state index contributed by atoms with van der Waals surface area (Å²) in [5.74, 6) is 0. The van der Waals surface area contributed by atoms with Gasteiger partial charge in [-0.25, -0.2) is 0 Å². The summed E-state index contributed by atoms with van der Waals surface area (Å²) in [6.07, 6.45) is 1.87. The monoisotopic (exact) mass is 439 g/mol. The smallest absolute Gasteiger partial charge is 0.147 e. The molecule has 0 atom stereocenters. The number of furan rings is 2. The Hall–Kier alpha value is -4.37. The standard InChI is InChI=1S/C31H21NO2/c1-18-8-6-12-22-25-17-24(21-14-15-32-26(16-21)20-10-4-3-5-11-20)30-27(31(25)33-28(18)22)23-13-7-9-19(2)29(23)34-30/h3-17H,1-2H3. The van der Waals surface area contributed by atoms with Crippen LogP contribution in [0.3, 0.4) is 0 Å². The average molecular weight is 440 g/mol. The second-order valence-electron chi connectivity index (χ2n) is 8.91. The molecular weight excluding hydrogens is 418 g/mol. The average Bonchev–Trinajstić information content (AvgIpc) is 3.45. The summed E-state index contributed by atoms with van der Waals surface area (Å²) in [6, 6.07) is 29.3. The van der Waals surface area contributed by atoms with Crippen molar-refractivity contribution in [3.05, 3.63) is 102 Å². The maximum absolute atomic E-state index is 6.57. The predicted molar refractivity (Wildman–Crippen MR) is 139 cm³/mol.